The van der Waals surface area contributed by atoms with Gasteiger partial charge in [-0.1, -0.05) is 0 Å². The molecule has 0 spiro atoms. The van der Waals surface area contributed by atoms with Gasteiger partial charge in [-0.3, -0.25) is 14.8 Å². The van der Waals surface area contributed by atoms with Crippen molar-refractivity contribution in [3.8, 4) is 0 Å². The summed E-state index contributed by atoms with van der Waals surface area (Å²) in [5, 5.41) is 11.7. The molecule has 0 heterocycles. The van der Waals surface area contributed by atoms with E-state index >= 15 is 0 Å². The molecule has 0 aromatic carbocycles. The highest BCUT2D eigenvalue weighted by Crippen LogP contribution is 1.98. The van der Waals surface area contributed by atoms with Crippen LogP contribution in [0.15, 0.2) is 0 Å². The first-order valence-corrected chi connectivity index (χ1v) is 5.61. The molecule has 0 bridgehead atoms. The minimum Gasteiger partial charge on any atom is -0.342 e. The summed E-state index contributed by atoms with van der Waals surface area (Å²) < 4.78 is 16.0. The molecule has 16 heavy (non-hydrogen) atoms. The molecule has 0 fully saturated rings. The van der Waals surface area contributed by atoms with E-state index in [9.17, 15) is 13.8 Å². The highest BCUT2D eigenvalue weighted by Gasteiger charge is 2.20. The summed E-state index contributed by atoms with van der Waals surface area (Å²) in [5.41, 5.74) is 1.44. The number of nitrogens with zero attached hydrogens (tertiary/aromatic N) is 1. The lowest BCUT2D eigenvalue weighted by Crippen LogP contribution is -2.43. The molecule has 94 valence electrons. The molecule has 8 nitrogen and oxygen atoms in total. The van der Waals surface area contributed by atoms with Crippen LogP contribution in [0.1, 0.15) is 13.8 Å². The Labute approximate surface area is 95.5 Å². The number of carbonyl (C=O) groups is 2. The minimum absolute atomic E-state index is 0.173. The lowest BCUT2D eigenvalue weighted by Gasteiger charge is -2.20. The number of nitrogens with one attached hydrogen (secondary N) is 2. The number of hydrogen-bond donors (Lipinski definition) is 3. The molecule has 0 aliphatic carbocycles. The van der Waals surface area contributed by atoms with Crippen LogP contribution in [0.4, 0.5) is 0 Å². The number of hydrogen-bond acceptors (Lipinski definition) is 6. The van der Waals surface area contributed by atoms with E-state index in [4.69, 9.17) is 9.49 Å². The van der Waals surface area contributed by atoms with E-state index in [1.807, 2.05) is 0 Å². The fraction of sp³-hybridized carbons (Fsp3) is 0.714. The second-order valence-corrected chi connectivity index (χ2v) is 4.00. The van der Waals surface area contributed by atoms with Crippen LogP contribution < -0.4 is 10.8 Å². The van der Waals surface area contributed by atoms with Gasteiger partial charge in [0.2, 0.25) is 5.91 Å². The number of likely N-dealkylation sites (N-methyl/N-ethyl adjacent to an activating group) is 1. The Bertz CT molecular complexity index is 285. The zero-order chi connectivity index (χ0) is 12.7. The third-order valence-corrected chi connectivity index (χ3v) is 2.46. The van der Waals surface area contributed by atoms with Crippen LogP contribution in [0, 0.1) is 0 Å². The summed E-state index contributed by atoms with van der Waals surface area (Å²) in [6.45, 7) is 2.73. The van der Waals surface area contributed by atoms with Gasteiger partial charge in [0.25, 0.3) is 5.91 Å². The molecule has 0 aromatic rings. The maximum atomic E-state index is 11.2. The van der Waals surface area contributed by atoms with Gasteiger partial charge in [0.15, 0.2) is 11.1 Å². The Hall–Kier alpha value is -1.03. The van der Waals surface area contributed by atoms with E-state index in [-0.39, 0.29) is 11.8 Å². The third-order valence-electron chi connectivity index (χ3n) is 1.67. The molecule has 9 heteroatoms. The van der Waals surface area contributed by atoms with E-state index in [2.05, 4.69) is 5.32 Å². The number of hydroxylamine groups is 3. The van der Waals surface area contributed by atoms with E-state index in [1.54, 1.807) is 0 Å². The van der Waals surface area contributed by atoms with Gasteiger partial charge in [-0.25, -0.2) is 9.69 Å². The highest BCUT2D eigenvalue weighted by molar-refractivity contribution is 7.80. The zero-order valence-corrected chi connectivity index (χ0v) is 10.0. The van der Waals surface area contributed by atoms with Gasteiger partial charge in [-0.05, 0) is 6.92 Å². The minimum atomic E-state index is -1.78. The van der Waals surface area contributed by atoms with Gasteiger partial charge >= 0.3 is 0 Å². The smallest absolute Gasteiger partial charge is 0.262 e. The summed E-state index contributed by atoms with van der Waals surface area (Å²) >= 11 is -1.78. The first-order chi connectivity index (χ1) is 7.38. The van der Waals surface area contributed by atoms with Gasteiger partial charge < -0.3 is 5.32 Å². The van der Waals surface area contributed by atoms with Gasteiger partial charge in [0.1, 0.15) is 11.9 Å². The predicted octanol–water partition coefficient (Wildman–Crippen LogP) is -1.50. The molecule has 0 aliphatic heterocycles. The summed E-state index contributed by atoms with van der Waals surface area (Å²) in [6.07, 6.45) is 0. The maximum Gasteiger partial charge on any atom is 0.262 e. The fourth-order valence-corrected chi connectivity index (χ4v) is 1.41. The van der Waals surface area contributed by atoms with Crippen molar-refractivity contribution in [3.63, 3.8) is 0 Å². The molecule has 0 saturated carbocycles. The fourth-order valence-electron chi connectivity index (χ4n) is 0.641. The van der Waals surface area contributed by atoms with Gasteiger partial charge in [-0.15, -0.1) is 0 Å². The van der Waals surface area contributed by atoms with Crippen molar-refractivity contribution in [3.05, 3.63) is 0 Å². The Morgan fingerprint density at radius 3 is 2.56 bits per heavy atom. The molecule has 2 amide bonds. The summed E-state index contributed by atoms with van der Waals surface area (Å²) in [5.74, 6) is -1.20. The summed E-state index contributed by atoms with van der Waals surface area (Å²) in [4.78, 5) is 21.5. The van der Waals surface area contributed by atoms with Crippen molar-refractivity contribution >= 4 is 22.9 Å². The van der Waals surface area contributed by atoms with Crippen LogP contribution >= 0.6 is 0 Å². The molecular weight excluding hydrogens is 238 g/mol. The van der Waals surface area contributed by atoms with Crippen molar-refractivity contribution in [2.24, 2.45) is 0 Å². The average molecular weight is 253 g/mol. The number of amides is 2. The Kier molecular flexibility index (Phi) is 6.81. The lowest BCUT2D eigenvalue weighted by atomic mass is 10.3. The Balaban J connectivity index is 4.03. The van der Waals surface area contributed by atoms with Crippen LogP contribution in [0.25, 0.3) is 0 Å². The highest BCUT2D eigenvalue weighted by atomic mass is 32.2. The largest absolute Gasteiger partial charge is 0.342 e. The topological polar surface area (TPSA) is 108 Å². The van der Waals surface area contributed by atoms with E-state index in [0.29, 0.717) is 0 Å². The Morgan fingerprint density at radius 2 is 2.12 bits per heavy atom. The van der Waals surface area contributed by atoms with Crippen LogP contribution in [-0.4, -0.2) is 45.3 Å². The lowest BCUT2D eigenvalue weighted by molar-refractivity contribution is -0.144. The van der Waals surface area contributed by atoms with Crippen molar-refractivity contribution < 1.29 is 23.3 Å². The van der Waals surface area contributed by atoms with Gasteiger partial charge in [0, 0.05) is 14.0 Å². The van der Waals surface area contributed by atoms with E-state index in [1.165, 1.54) is 26.4 Å². The van der Waals surface area contributed by atoms with Gasteiger partial charge in [-0.2, -0.15) is 9.35 Å². The molecule has 0 saturated heterocycles. The second kappa shape index (κ2) is 7.28. The second-order valence-electron chi connectivity index (χ2n) is 2.95. The zero-order valence-electron chi connectivity index (χ0n) is 9.22. The molecular formula is C7H15N3O5S. The van der Waals surface area contributed by atoms with E-state index < -0.39 is 23.0 Å². The first-order valence-electron chi connectivity index (χ1n) is 4.36. The van der Waals surface area contributed by atoms with Gasteiger partial charge in [0.05, 0.1) is 0 Å². The molecule has 0 aliphatic rings. The normalized spacial score (nSPS) is 14.3. The van der Waals surface area contributed by atoms with Crippen LogP contribution in [0.5, 0.6) is 0 Å². The van der Waals surface area contributed by atoms with Crippen molar-refractivity contribution in [1.82, 2.24) is 15.9 Å². The SMILES string of the molecule is CC(=O)NCS(=O)ON(C)C(C)C(=O)NO. The standard InChI is InChI=1S/C7H15N3O5S/c1-5(7(12)9-13)10(3)15-16(14)4-8-6(2)11/h5,13H,4H2,1-3H3,(H,8,11)(H,9,12). The van der Waals surface area contributed by atoms with Crippen molar-refractivity contribution in [2.75, 3.05) is 12.9 Å². The maximum absolute atomic E-state index is 11.2. The third kappa shape index (κ3) is 5.75. The van der Waals surface area contributed by atoms with Crippen LogP contribution in [0.3, 0.4) is 0 Å². The molecule has 2 unspecified atom stereocenters. The van der Waals surface area contributed by atoms with Crippen LogP contribution in [-0.2, 0) is 25.0 Å². The molecule has 2 atom stereocenters. The van der Waals surface area contributed by atoms with Crippen LogP contribution in [0.2, 0.25) is 0 Å². The quantitative estimate of drug-likeness (QED) is 0.393. The Morgan fingerprint density at radius 1 is 1.56 bits per heavy atom. The number of rotatable bonds is 6. The molecule has 0 radical (unpaired) electrons. The number of carbonyl (C=O) groups excluding carboxylic acids is 2. The summed E-state index contributed by atoms with van der Waals surface area (Å²) in [7, 11) is 1.38. The predicted molar refractivity (Wildman–Crippen MR) is 55.1 cm³/mol. The van der Waals surface area contributed by atoms with E-state index in [0.717, 1.165) is 5.06 Å². The average Bonchev–Trinajstić information content (AvgIpc) is 2.24. The summed E-state index contributed by atoms with van der Waals surface area (Å²) in [6, 6.07) is -0.814. The molecule has 0 rings (SSSR count). The molecule has 3 N–H and O–H groups in total. The van der Waals surface area contributed by atoms with Crippen molar-refractivity contribution in [1.29, 1.82) is 0 Å². The molecule has 0 aromatic heterocycles. The first kappa shape index (κ1) is 15.0. The van der Waals surface area contributed by atoms with Crippen molar-refractivity contribution in [2.45, 2.75) is 19.9 Å². The monoisotopic (exact) mass is 253 g/mol.